The van der Waals surface area contributed by atoms with Crippen molar-refractivity contribution in [3.63, 3.8) is 0 Å². The van der Waals surface area contributed by atoms with Crippen molar-refractivity contribution in [2.45, 2.75) is 84.3 Å². The highest BCUT2D eigenvalue weighted by molar-refractivity contribution is 6.05. The van der Waals surface area contributed by atoms with Crippen LogP contribution in [-0.2, 0) is 19.1 Å². The normalized spacial score (nSPS) is 45.1. The Morgan fingerprint density at radius 2 is 1.87 bits per heavy atom. The molecule has 4 aliphatic carbocycles. The fraction of sp³-hybridized carbons (Fsp3) is 0.792. The minimum Gasteiger partial charge on any atom is -0.481 e. The Kier molecular flexibility index (Phi) is 5.16. The van der Waals surface area contributed by atoms with E-state index in [0.29, 0.717) is 37.5 Å². The summed E-state index contributed by atoms with van der Waals surface area (Å²) in [4.78, 5) is 36.2. The lowest BCUT2D eigenvalue weighted by Gasteiger charge is -2.58. The second-order valence-corrected chi connectivity index (χ2v) is 10.5. The summed E-state index contributed by atoms with van der Waals surface area (Å²) in [6, 6.07) is 0. The van der Waals surface area contributed by atoms with Crippen LogP contribution in [0.15, 0.2) is 11.6 Å². The number of rotatable bonds is 4. The molecule has 0 amide bonds. The molecule has 2 unspecified atom stereocenters. The Balaban J connectivity index is 1.62. The van der Waals surface area contributed by atoms with Crippen LogP contribution >= 0.6 is 0 Å². The van der Waals surface area contributed by atoms with Crippen LogP contribution < -0.4 is 0 Å². The molecule has 4 aliphatic rings. The standard InChI is InChI=1S/C24H34O6/c1-4-5-20(26)30-24(29)11-9-18-15-7-6-14-12-19(25)16(21(27)28)13-22(14,2)17(15)8-10-23(18,24)3/h12,15-18,29H,4-11,13H2,1-3H3,(H,27,28)/t15-,16?,17-,18+,22+,23+,24?/m1/s1. The van der Waals surface area contributed by atoms with E-state index in [1.54, 1.807) is 6.08 Å². The number of hydrogen-bond donors (Lipinski definition) is 2. The third kappa shape index (κ3) is 2.97. The Morgan fingerprint density at radius 3 is 2.53 bits per heavy atom. The highest BCUT2D eigenvalue weighted by atomic mass is 16.7. The summed E-state index contributed by atoms with van der Waals surface area (Å²) in [6.45, 7) is 6.13. The molecule has 0 radical (unpaired) electrons. The van der Waals surface area contributed by atoms with Crippen molar-refractivity contribution in [2.24, 2.45) is 34.5 Å². The molecule has 0 spiro atoms. The topological polar surface area (TPSA) is 101 Å². The van der Waals surface area contributed by atoms with Gasteiger partial charge in [-0.1, -0.05) is 26.3 Å². The molecular formula is C24H34O6. The van der Waals surface area contributed by atoms with Crippen LogP contribution in [0.4, 0.5) is 0 Å². The molecule has 2 N–H and O–H groups in total. The fourth-order valence-corrected chi connectivity index (χ4v) is 7.44. The number of aliphatic hydroxyl groups is 1. The molecule has 0 heterocycles. The van der Waals surface area contributed by atoms with Crippen molar-refractivity contribution < 1.29 is 29.3 Å². The largest absolute Gasteiger partial charge is 0.481 e. The van der Waals surface area contributed by atoms with E-state index in [0.717, 1.165) is 37.7 Å². The molecule has 0 aromatic heterocycles. The average molecular weight is 419 g/mol. The van der Waals surface area contributed by atoms with Gasteiger partial charge in [0.1, 0.15) is 5.92 Å². The van der Waals surface area contributed by atoms with E-state index in [1.165, 1.54) is 0 Å². The van der Waals surface area contributed by atoms with E-state index in [-0.39, 0.29) is 23.1 Å². The van der Waals surface area contributed by atoms with Gasteiger partial charge in [-0.15, -0.1) is 0 Å². The van der Waals surface area contributed by atoms with Crippen LogP contribution in [0.1, 0.15) is 78.6 Å². The van der Waals surface area contributed by atoms with E-state index < -0.39 is 23.1 Å². The molecule has 0 aromatic carbocycles. The van der Waals surface area contributed by atoms with E-state index in [9.17, 15) is 24.6 Å². The van der Waals surface area contributed by atoms with Crippen molar-refractivity contribution in [2.75, 3.05) is 0 Å². The van der Waals surface area contributed by atoms with Crippen molar-refractivity contribution in [3.8, 4) is 0 Å². The zero-order valence-corrected chi connectivity index (χ0v) is 18.3. The maximum Gasteiger partial charge on any atom is 0.314 e. The number of fused-ring (bicyclic) bond motifs is 5. The average Bonchev–Trinajstić information content (AvgIpc) is 2.92. The monoisotopic (exact) mass is 418 g/mol. The quantitative estimate of drug-likeness (QED) is 0.408. The second-order valence-electron chi connectivity index (χ2n) is 10.5. The van der Waals surface area contributed by atoms with Crippen LogP contribution in [0.25, 0.3) is 0 Å². The van der Waals surface area contributed by atoms with E-state index >= 15 is 0 Å². The Hall–Kier alpha value is -1.69. The Morgan fingerprint density at radius 1 is 1.17 bits per heavy atom. The van der Waals surface area contributed by atoms with Gasteiger partial charge in [0.05, 0.1) is 0 Å². The van der Waals surface area contributed by atoms with Gasteiger partial charge in [0.2, 0.25) is 5.79 Å². The zero-order chi connectivity index (χ0) is 21.9. The van der Waals surface area contributed by atoms with Crippen LogP contribution in [0.2, 0.25) is 0 Å². The first kappa shape index (κ1) is 21.5. The summed E-state index contributed by atoms with van der Waals surface area (Å²) in [5.74, 6) is -3.15. The molecule has 7 atom stereocenters. The lowest BCUT2D eigenvalue weighted by atomic mass is 9.46. The van der Waals surface area contributed by atoms with Crippen LogP contribution in [-0.4, -0.2) is 33.7 Å². The molecule has 3 saturated carbocycles. The summed E-state index contributed by atoms with van der Waals surface area (Å²) < 4.78 is 5.67. The predicted octanol–water partition coefficient (Wildman–Crippen LogP) is 3.86. The van der Waals surface area contributed by atoms with Crippen molar-refractivity contribution in [1.29, 1.82) is 0 Å². The number of esters is 1. The summed E-state index contributed by atoms with van der Waals surface area (Å²) in [7, 11) is 0. The van der Waals surface area contributed by atoms with Gasteiger partial charge in [-0.3, -0.25) is 14.4 Å². The third-order valence-corrected chi connectivity index (χ3v) is 9.14. The zero-order valence-electron chi connectivity index (χ0n) is 18.3. The molecule has 4 rings (SSSR count). The van der Waals surface area contributed by atoms with Gasteiger partial charge in [0.25, 0.3) is 0 Å². The number of allylic oxidation sites excluding steroid dienone is 1. The van der Waals surface area contributed by atoms with Crippen LogP contribution in [0.5, 0.6) is 0 Å². The number of carboxylic acid groups (broad SMARTS) is 1. The van der Waals surface area contributed by atoms with E-state index in [1.807, 2.05) is 6.92 Å². The number of ketones is 1. The van der Waals surface area contributed by atoms with Gasteiger partial charge in [-0.25, -0.2) is 0 Å². The molecule has 3 fully saturated rings. The molecule has 6 heteroatoms. The summed E-state index contributed by atoms with van der Waals surface area (Å²) in [5.41, 5.74) is 0.338. The number of aliphatic carboxylic acids is 1. The predicted molar refractivity (Wildman–Crippen MR) is 109 cm³/mol. The van der Waals surface area contributed by atoms with Crippen molar-refractivity contribution in [1.82, 2.24) is 0 Å². The molecule has 0 aromatic rings. The maximum absolute atomic E-state index is 12.3. The van der Waals surface area contributed by atoms with Crippen molar-refractivity contribution in [3.05, 3.63) is 11.6 Å². The minimum absolute atomic E-state index is 0.231. The smallest absolute Gasteiger partial charge is 0.314 e. The van der Waals surface area contributed by atoms with E-state index in [4.69, 9.17) is 4.74 Å². The molecule has 30 heavy (non-hydrogen) atoms. The number of hydrogen-bond acceptors (Lipinski definition) is 5. The van der Waals surface area contributed by atoms with Crippen LogP contribution in [0.3, 0.4) is 0 Å². The number of ether oxygens (including phenoxy) is 1. The molecule has 0 aliphatic heterocycles. The lowest BCUT2D eigenvalue weighted by Crippen LogP contribution is -2.56. The van der Waals surface area contributed by atoms with Gasteiger partial charge < -0.3 is 14.9 Å². The number of carbonyl (C=O) groups is 3. The maximum atomic E-state index is 12.3. The highest BCUT2D eigenvalue weighted by Gasteiger charge is 2.66. The molecule has 0 bridgehead atoms. The van der Waals surface area contributed by atoms with Crippen LogP contribution in [0, 0.1) is 34.5 Å². The summed E-state index contributed by atoms with van der Waals surface area (Å²) in [5, 5.41) is 21.0. The first-order valence-electron chi connectivity index (χ1n) is 11.5. The lowest BCUT2D eigenvalue weighted by molar-refractivity contribution is -0.264. The first-order valence-corrected chi connectivity index (χ1v) is 11.5. The van der Waals surface area contributed by atoms with Gasteiger partial charge in [-0.2, -0.15) is 0 Å². The minimum atomic E-state index is -1.42. The SMILES string of the molecule is CCCC(=O)OC1(O)CC[C@H]2[C@@H]3CCC4=CC(=O)C(C(=O)O)C[C@]4(C)[C@@H]3CC[C@@]21C. The fourth-order valence-electron chi connectivity index (χ4n) is 7.44. The molecule has 6 nitrogen and oxygen atoms in total. The second kappa shape index (κ2) is 7.18. The summed E-state index contributed by atoms with van der Waals surface area (Å²) in [6.07, 6.45) is 7.59. The third-order valence-electron chi connectivity index (χ3n) is 9.14. The first-order chi connectivity index (χ1) is 14.1. The van der Waals surface area contributed by atoms with E-state index in [2.05, 4.69) is 13.8 Å². The summed E-state index contributed by atoms with van der Waals surface area (Å²) >= 11 is 0. The van der Waals surface area contributed by atoms with Gasteiger partial charge in [-0.05, 0) is 74.2 Å². The Bertz CT molecular complexity index is 802. The van der Waals surface area contributed by atoms with Gasteiger partial charge in [0.15, 0.2) is 5.78 Å². The highest BCUT2D eigenvalue weighted by Crippen LogP contribution is 2.68. The van der Waals surface area contributed by atoms with Crippen molar-refractivity contribution >= 4 is 17.7 Å². The number of carbonyl (C=O) groups excluding carboxylic acids is 2. The Labute approximate surface area is 178 Å². The molecule has 166 valence electrons. The van der Waals surface area contributed by atoms with Gasteiger partial charge in [0, 0.05) is 18.3 Å². The van der Waals surface area contributed by atoms with Gasteiger partial charge >= 0.3 is 11.9 Å². The molecule has 0 saturated heterocycles. The molecular weight excluding hydrogens is 384 g/mol. The number of carboxylic acids is 1.